The van der Waals surface area contributed by atoms with Crippen molar-refractivity contribution in [2.24, 2.45) is 5.73 Å². The van der Waals surface area contributed by atoms with Crippen molar-refractivity contribution in [2.75, 3.05) is 6.54 Å². The number of alkyl halides is 3. The van der Waals surface area contributed by atoms with Crippen molar-refractivity contribution >= 4 is 12.4 Å². The van der Waals surface area contributed by atoms with Gasteiger partial charge in [-0.2, -0.15) is 18.3 Å². The molecule has 1 aromatic carbocycles. The molecule has 0 atom stereocenters. The Morgan fingerprint density at radius 1 is 1.25 bits per heavy atom. The molecule has 0 radical (unpaired) electrons. The lowest BCUT2D eigenvalue weighted by Gasteiger charge is -2.10. The van der Waals surface area contributed by atoms with Crippen molar-refractivity contribution in [2.45, 2.75) is 12.7 Å². The van der Waals surface area contributed by atoms with Crippen LogP contribution in [-0.2, 0) is 12.7 Å². The van der Waals surface area contributed by atoms with Crippen molar-refractivity contribution in [3.63, 3.8) is 0 Å². The number of aromatic nitrogens is 2. The van der Waals surface area contributed by atoms with Gasteiger partial charge in [0.2, 0.25) is 0 Å². The average Bonchev–Trinajstić information content (AvgIpc) is 2.77. The molecule has 0 aliphatic rings. The summed E-state index contributed by atoms with van der Waals surface area (Å²) in [5.74, 6) is -0.786. The van der Waals surface area contributed by atoms with Gasteiger partial charge in [0.15, 0.2) is 0 Å². The molecule has 2 rings (SSSR count). The zero-order chi connectivity index (χ0) is 14.0. The van der Waals surface area contributed by atoms with Gasteiger partial charge >= 0.3 is 6.18 Å². The minimum atomic E-state index is -4.59. The van der Waals surface area contributed by atoms with Crippen LogP contribution in [0.2, 0.25) is 0 Å². The summed E-state index contributed by atoms with van der Waals surface area (Å²) in [6.07, 6.45) is -1.52. The lowest BCUT2D eigenvalue weighted by molar-refractivity contribution is -0.138. The molecular weight excluding hydrogens is 295 g/mol. The first-order chi connectivity index (χ1) is 8.91. The maximum absolute atomic E-state index is 12.7. The predicted octanol–water partition coefficient (Wildman–Crippen LogP) is 2.66. The number of benzene rings is 1. The van der Waals surface area contributed by atoms with Crippen molar-refractivity contribution in [3.8, 4) is 16.9 Å². The summed E-state index contributed by atoms with van der Waals surface area (Å²) < 4.78 is 39.6. The van der Waals surface area contributed by atoms with Crippen LogP contribution in [0.3, 0.4) is 0 Å². The Balaban J connectivity index is 0.00000200. The molecule has 8 heteroatoms. The standard InChI is InChI=1S/C12H12F3N3O.ClH/c13-12(14,15)10-5-8(1-2-11(10)19)9-6-17-18(7-9)4-3-16;/h1-2,5-7,19H,3-4,16H2;1H. The number of phenolic OH excluding ortho intramolecular Hbond substituents is 1. The van der Waals surface area contributed by atoms with Crippen LogP contribution in [0, 0.1) is 0 Å². The molecule has 0 unspecified atom stereocenters. The first-order valence-electron chi connectivity index (χ1n) is 5.55. The summed E-state index contributed by atoms with van der Waals surface area (Å²) in [4.78, 5) is 0. The highest BCUT2D eigenvalue weighted by atomic mass is 35.5. The van der Waals surface area contributed by atoms with E-state index in [0.717, 1.165) is 12.1 Å². The number of nitrogens with two attached hydrogens (primary N) is 1. The lowest BCUT2D eigenvalue weighted by Crippen LogP contribution is -2.09. The second-order valence-corrected chi connectivity index (χ2v) is 4.01. The number of hydrogen-bond acceptors (Lipinski definition) is 3. The Bertz CT molecular complexity index is 584. The molecule has 0 saturated carbocycles. The maximum atomic E-state index is 12.7. The van der Waals surface area contributed by atoms with Crippen LogP contribution < -0.4 is 5.73 Å². The van der Waals surface area contributed by atoms with E-state index in [-0.39, 0.29) is 12.4 Å². The number of rotatable bonds is 3. The zero-order valence-electron chi connectivity index (χ0n) is 10.3. The quantitative estimate of drug-likeness (QED) is 0.916. The first kappa shape index (κ1) is 16.3. The SMILES string of the molecule is Cl.NCCn1cc(-c2ccc(O)c(C(F)(F)F)c2)cn1. The Kier molecular flexibility index (Phi) is 5.02. The highest BCUT2D eigenvalue weighted by Crippen LogP contribution is 2.37. The smallest absolute Gasteiger partial charge is 0.419 e. The summed E-state index contributed by atoms with van der Waals surface area (Å²) >= 11 is 0. The largest absolute Gasteiger partial charge is 0.507 e. The fourth-order valence-corrected chi connectivity index (χ4v) is 1.71. The average molecular weight is 308 g/mol. The Labute approximate surface area is 119 Å². The number of nitrogens with zero attached hydrogens (tertiary/aromatic N) is 2. The summed E-state index contributed by atoms with van der Waals surface area (Å²) in [5, 5.41) is 13.2. The summed E-state index contributed by atoms with van der Waals surface area (Å²) in [7, 11) is 0. The van der Waals surface area contributed by atoms with E-state index in [1.807, 2.05) is 0 Å². The van der Waals surface area contributed by atoms with Crippen molar-refractivity contribution in [1.82, 2.24) is 9.78 Å². The Morgan fingerprint density at radius 2 is 1.95 bits per heavy atom. The monoisotopic (exact) mass is 307 g/mol. The topological polar surface area (TPSA) is 64.1 Å². The minimum Gasteiger partial charge on any atom is -0.507 e. The molecule has 0 aliphatic heterocycles. The van der Waals surface area contributed by atoms with Crippen molar-refractivity contribution in [1.29, 1.82) is 0 Å². The predicted molar refractivity (Wildman–Crippen MR) is 70.6 cm³/mol. The number of hydrogen-bond donors (Lipinski definition) is 2. The highest BCUT2D eigenvalue weighted by molar-refractivity contribution is 5.85. The van der Waals surface area contributed by atoms with Gasteiger partial charge in [0.05, 0.1) is 18.3 Å². The van der Waals surface area contributed by atoms with Gasteiger partial charge in [-0.15, -0.1) is 12.4 Å². The van der Waals surface area contributed by atoms with E-state index in [1.54, 1.807) is 10.9 Å². The van der Waals surface area contributed by atoms with Crippen LogP contribution in [0.5, 0.6) is 5.75 Å². The van der Waals surface area contributed by atoms with Crippen molar-refractivity contribution < 1.29 is 18.3 Å². The molecule has 3 N–H and O–H groups in total. The normalized spacial score (nSPS) is 11.2. The summed E-state index contributed by atoms with van der Waals surface area (Å²) in [6, 6.07) is 3.34. The van der Waals surface area contributed by atoms with E-state index in [4.69, 9.17) is 5.73 Å². The number of aromatic hydroxyl groups is 1. The van der Waals surface area contributed by atoms with Crippen LogP contribution in [0.4, 0.5) is 13.2 Å². The van der Waals surface area contributed by atoms with Crippen molar-refractivity contribution in [3.05, 3.63) is 36.2 Å². The van der Waals surface area contributed by atoms with E-state index in [0.29, 0.717) is 24.2 Å². The zero-order valence-corrected chi connectivity index (χ0v) is 11.1. The van der Waals surface area contributed by atoms with Gasteiger partial charge in [-0.25, -0.2) is 0 Å². The molecule has 0 fully saturated rings. The summed E-state index contributed by atoms with van der Waals surface area (Å²) in [6.45, 7) is 0.884. The van der Waals surface area contributed by atoms with Crippen LogP contribution in [0.15, 0.2) is 30.6 Å². The van der Waals surface area contributed by atoms with E-state index < -0.39 is 17.5 Å². The molecule has 0 bridgehead atoms. The first-order valence-corrected chi connectivity index (χ1v) is 5.55. The van der Waals surface area contributed by atoms with Crippen LogP contribution >= 0.6 is 12.4 Å². The molecule has 0 saturated heterocycles. The van der Waals surface area contributed by atoms with Gasteiger partial charge in [-0.3, -0.25) is 4.68 Å². The van der Waals surface area contributed by atoms with Gasteiger partial charge in [0.1, 0.15) is 5.75 Å². The lowest BCUT2D eigenvalue weighted by atomic mass is 10.1. The molecule has 0 aliphatic carbocycles. The third-order valence-corrected chi connectivity index (χ3v) is 2.63. The molecule has 1 aromatic heterocycles. The third-order valence-electron chi connectivity index (χ3n) is 2.63. The third kappa shape index (κ3) is 3.43. The fourth-order valence-electron chi connectivity index (χ4n) is 1.71. The summed E-state index contributed by atoms with van der Waals surface area (Å²) in [5.41, 5.74) is 5.19. The van der Waals surface area contributed by atoms with Crippen LogP contribution in [0.25, 0.3) is 11.1 Å². The molecule has 0 amide bonds. The molecular formula is C12H13ClF3N3O. The van der Waals surface area contributed by atoms with Crippen LogP contribution in [0.1, 0.15) is 5.56 Å². The van der Waals surface area contributed by atoms with Gasteiger partial charge in [0.25, 0.3) is 0 Å². The minimum absolute atomic E-state index is 0. The fraction of sp³-hybridized carbons (Fsp3) is 0.250. The maximum Gasteiger partial charge on any atom is 0.419 e. The molecule has 110 valence electrons. The molecule has 4 nitrogen and oxygen atoms in total. The molecule has 1 heterocycles. The molecule has 2 aromatic rings. The van der Waals surface area contributed by atoms with E-state index >= 15 is 0 Å². The van der Waals surface area contributed by atoms with Gasteiger partial charge in [0, 0.05) is 18.3 Å². The van der Waals surface area contributed by atoms with Gasteiger partial charge in [-0.05, 0) is 17.7 Å². The number of phenols is 1. The van der Waals surface area contributed by atoms with Gasteiger partial charge < -0.3 is 10.8 Å². The molecule has 0 spiro atoms. The Morgan fingerprint density at radius 3 is 2.55 bits per heavy atom. The molecule has 20 heavy (non-hydrogen) atoms. The van der Waals surface area contributed by atoms with Gasteiger partial charge in [-0.1, -0.05) is 6.07 Å². The van der Waals surface area contributed by atoms with E-state index in [2.05, 4.69) is 5.10 Å². The van der Waals surface area contributed by atoms with E-state index in [9.17, 15) is 18.3 Å². The van der Waals surface area contributed by atoms with Crippen LogP contribution in [-0.4, -0.2) is 21.4 Å². The number of halogens is 4. The highest BCUT2D eigenvalue weighted by Gasteiger charge is 2.34. The van der Waals surface area contributed by atoms with E-state index in [1.165, 1.54) is 12.3 Å². The Hall–Kier alpha value is -1.73. The second-order valence-electron chi connectivity index (χ2n) is 4.01. The second kappa shape index (κ2) is 6.15.